The molecule has 0 saturated carbocycles. The number of benzene rings is 2. The molecule has 0 radical (unpaired) electrons. The minimum Gasteiger partial charge on any atom is -0.335 e. The molecule has 2 amide bonds. The lowest BCUT2D eigenvalue weighted by Gasteiger charge is -2.51. The Bertz CT molecular complexity index is 1180. The van der Waals surface area contributed by atoms with Crippen molar-refractivity contribution in [2.45, 2.75) is 18.3 Å². The van der Waals surface area contributed by atoms with Gasteiger partial charge in [-0.1, -0.05) is 42.5 Å². The lowest BCUT2D eigenvalue weighted by atomic mass is 9.99. The summed E-state index contributed by atoms with van der Waals surface area (Å²) in [5, 5.41) is 1.82. The van der Waals surface area contributed by atoms with Crippen molar-refractivity contribution in [2.75, 3.05) is 32.7 Å². The van der Waals surface area contributed by atoms with Gasteiger partial charge in [-0.05, 0) is 23.3 Å². The summed E-state index contributed by atoms with van der Waals surface area (Å²) in [5.74, 6) is -0.666. The zero-order valence-electron chi connectivity index (χ0n) is 18.7. The first-order chi connectivity index (χ1) is 16.8. The molecule has 1 aromatic heterocycles. The van der Waals surface area contributed by atoms with E-state index in [1.807, 2.05) is 42.5 Å². The van der Waals surface area contributed by atoms with Gasteiger partial charge in [-0.25, -0.2) is 4.98 Å². The standard InChI is InChI=1S/C25H23F3N4O2S/c26-25(27,28)21-16-30(24(34)22-29-10-13-35-22)11-12-32(21)20-14-31(15-20)23(33)19-8-6-18(7-9-19)17-4-2-1-3-5-17/h1-10,13,20-21H,11-12,14-16H2. The van der Waals surface area contributed by atoms with Crippen molar-refractivity contribution < 1.29 is 22.8 Å². The topological polar surface area (TPSA) is 56.8 Å². The number of rotatable bonds is 4. The van der Waals surface area contributed by atoms with Crippen LogP contribution in [0.15, 0.2) is 66.2 Å². The Kier molecular flexibility index (Phi) is 6.33. The Morgan fingerprint density at radius 1 is 0.857 bits per heavy atom. The third kappa shape index (κ3) is 4.81. The van der Waals surface area contributed by atoms with Crippen molar-refractivity contribution in [3.05, 3.63) is 76.7 Å². The van der Waals surface area contributed by atoms with Gasteiger partial charge in [0, 0.05) is 55.9 Å². The maximum Gasteiger partial charge on any atom is 0.405 e. The molecule has 0 spiro atoms. The lowest BCUT2D eigenvalue weighted by Crippen LogP contribution is -2.70. The third-order valence-corrected chi connectivity index (χ3v) is 7.32. The number of alkyl halides is 3. The molecule has 1 unspecified atom stereocenters. The van der Waals surface area contributed by atoms with Crippen molar-refractivity contribution in [2.24, 2.45) is 0 Å². The summed E-state index contributed by atoms with van der Waals surface area (Å²) in [7, 11) is 0. The number of nitrogens with zero attached hydrogens (tertiary/aromatic N) is 4. The summed E-state index contributed by atoms with van der Waals surface area (Å²) in [5.41, 5.74) is 2.54. The molecule has 2 aliphatic rings. The van der Waals surface area contributed by atoms with E-state index in [1.165, 1.54) is 16.0 Å². The quantitative estimate of drug-likeness (QED) is 0.543. The first-order valence-electron chi connectivity index (χ1n) is 11.3. The molecule has 2 fully saturated rings. The fraction of sp³-hybridized carbons (Fsp3) is 0.320. The van der Waals surface area contributed by atoms with Gasteiger partial charge >= 0.3 is 6.18 Å². The highest BCUT2D eigenvalue weighted by Gasteiger charge is 2.51. The van der Waals surface area contributed by atoms with Crippen molar-refractivity contribution in [3.63, 3.8) is 0 Å². The van der Waals surface area contributed by atoms with Crippen LogP contribution >= 0.6 is 11.3 Å². The molecule has 3 aromatic rings. The van der Waals surface area contributed by atoms with Crippen LogP contribution in [-0.4, -0.2) is 82.5 Å². The number of likely N-dealkylation sites (tertiary alicyclic amines) is 1. The van der Waals surface area contributed by atoms with E-state index in [9.17, 15) is 22.8 Å². The summed E-state index contributed by atoms with van der Waals surface area (Å²) >= 11 is 1.12. The molecule has 0 bridgehead atoms. The van der Waals surface area contributed by atoms with Gasteiger partial charge < -0.3 is 9.80 Å². The van der Waals surface area contributed by atoms with Gasteiger partial charge in [0.25, 0.3) is 11.8 Å². The molecule has 1 atom stereocenters. The number of hydrogen-bond acceptors (Lipinski definition) is 5. The number of carbonyl (C=O) groups excluding carboxylic acids is 2. The maximum absolute atomic E-state index is 13.9. The summed E-state index contributed by atoms with van der Waals surface area (Å²) in [4.78, 5) is 33.5. The van der Waals surface area contributed by atoms with Crippen molar-refractivity contribution in [3.8, 4) is 11.1 Å². The van der Waals surface area contributed by atoms with E-state index in [0.29, 0.717) is 5.56 Å². The van der Waals surface area contributed by atoms with Crippen LogP contribution in [0.1, 0.15) is 20.2 Å². The summed E-state index contributed by atoms with van der Waals surface area (Å²) < 4.78 is 41.7. The predicted octanol–water partition coefficient (Wildman–Crippen LogP) is 4.02. The Labute approximate surface area is 204 Å². The van der Waals surface area contributed by atoms with Crippen molar-refractivity contribution in [1.82, 2.24) is 19.7 Å². The number of carbonyl (C=O) groups is 2. The Morgan fingerprint density at radius 2 is 1.54 bits per heavy atom. The van der Waals surface area contributed by atoms with E-state index in [4.69, 9.17) is 0 Å². The molecule has 35 heavy (non-hydrogen) atoms. The van der Waals surface area contributed by atoms with Crippen molar-refractivity contribution in [1.29, 1.82) is 0 Å². The normalized spacial score (nSPS) is 19.5. The van der Waals surface area contributed by atoms with Crippen LogP contribution in [0.3, 0.4) is 0 Å². The SMILES string of the molecule is O=C(c1ccc(-c2ccccc2)cc1)N1CC(N2CCN(C(=O)c3nccs3)CC2C(F)(F)F)C1. The number of halogens is 3. The van der Waals surface area contributed by atoms with Gasteiger partial charge in [-0.3, -0.25) is 14.5 Å². The van der Waals surface area contributed by atoms with Gasteiger partial charge in [0.15, 0.2) is 5.01 Å². The van der Waals surface area contributed by atoms with Gasteiger partial charge in [0.1, 0.15) is 6.04 Å². The number of hydrogen-bond donors (Lipinski definition) is 0. The Balaban J connectivity index is 1.22. The second-order valence-corrected chi connectivity index (χ2v) is 9.59. The monoisotopic (exact) mass is 500 g/mol. The van der Waals surface area contributed by atoms with E-state index in [0.717, 1.165) is 22.5 Å². The first kappa shape index (κ1) is 23.5. The molecule has 0 aliphatic carbocycles. The zero-order chi connectivity index (χ0) is 24.6. The molecular weight excluding hydrogens is 477 g/mol. The van der Waals surface area contributed by atoms with Gasteiger partial charge in [0.05, 0.1) is 0 Å². The summed E-state index contributed by atoms with van der Waals surface area (Å²) in [6.45, 7) is 0.308. The molecule has 2 aromatic carbocycles. The Hall–Kier alpha value is -3.24. The first-order valence-corrected chi connectivity index (χ1v) is 12.2. The minimum atomic E-state index is -4.49. The van der Waals surface area contributed by atoms with Crippen molar-refractivity contribution >= 4 is 23.2 Å². The number of aromatic nitrogens is 1. The largest absolute Gasteiger partial charge is 0.405 e. The molecular formula is C25H23F3N4O2S. The average Bonchev–Trinajstić information content (AvgIpc) is 3.38. The van der Waals surface area contributed by atoms with E-state index < -0.39 is 30.7 Å². The van der Waals surface area contributed by atoms with Gasteiger partial charge in [-0.15, -0.1) is 11.3 Å². The Morgan fingerprint density at radius 3 is 2.17 bits per heavy atom. The molecule has 3 heterocycles. The molecule has 10 heteroatoms. The maximum atomic E-state index is 13.9. The fourth-order valence-corrected chi connectivity index (χ4v) is 5.23. The van der Waals surface area contributed by atoms with E-state index in [1.54, 1.807) is 22.4 Å². The fourth-order valence-electron chi connectivity index (χ4n) is 4.62. The molecule has 0 N–H and O–H groups in total. The van der Waals surface area contributed by atoms with Crippen LogP contribution in [-0.2, 0) is 0 Å². The molecule has 2 aliphatic heterocycles. The molecule has 5 rings (SSSR count). The van der Waals surface area contributed by atoms with Crippen LogP contribution in [0.5, 0.6) is 0 Å². The molecule has 182 valence electrons. The summed E-state index contributed by atoms with van der Waals surface area (Å²) in [6.07, 6.45) is -3.02. The minimum absolute atomic E-state index is 0.0970. The summed E-state index contributed by atoms with van der Waals surface area (Å²) in [6, 6.07) is 14.9. The van der Waals surface area contributed by atoms with E-state index in [-0.39, 0.29) is 37.1 Å². The number of piperazine rings is 1. The molecule has 2 saturated heterocycles. The highest BCUT2D eigenvalue weighted by Crippen LogP contribution is 2.32. The van der Waals surface area contributed by atoms with Crippen LogP contribution in [0.4, 0.5) is 13.2 Å². The zero-order valence-corrected chi connectivity index (χ0v) is 19.5. The van der Waals surface area contributed by atoms with Gasteiger partial charge in [0.2, 0.25) is 0 Å². The molecule has 6 nitrogen and oxygen atoms in total. The highest BCUT2D eigenvalue weighted by molar-refractivity contribution is 7.11. The second kappa shape index (κ2) is 9.43. The third-order valence-electron chi connectivity index (χ3n) is 6.56. The lowest BCUT2D eigenvalue weighted by molar-refractivity contribution is -0.206. The van der Waals surface area contributed by atoms with Crippen LogP contribution < -0.4 is 0 Å². The average molecular weight is 501 g/mol. The van der Waals surface area contributed by atoms with E-state index in [2.05, 4.69) is 4.98 Å². The highest BCUT2D eigenvalue weighted by atomic mass is 32.1. The second-order valence-electron chi connectivity index (χ2n) is 8.69. The van der Waals surface area contributed by atoms with E-state index >= 15 is 0 Å². The smallest absolute Gasteiger partial charge is 0.335 e. The van der Waals surface area contributed by atoms with Crippen LogP contribution in [0, 0.1) is 0 Å². The number of thiazole rings is 1. The predicted molar refractivity (Wildman–Crippen MR) is 126 cm³/mol. The van der Waals surface area contributed by atoms with Crippen LogP contribution in [0.25, 0.3) is 11.1 Å². The van der Waals surface area contributed by atoms with Crippen LogP contribution in [0.2, 0.25) is 0 Å². The number of amides is 2. The van der Waals surface area contributed by atoms with Gasteiger partial charge in [-0.2, -0.15) is 13.2 Å².